The van der Waals surface area contributed by atoms with E-state index in [-0.39, 0.29) is 28.3 Å². The molecule has 0 saturated carbocycles. The Bertz CT molecular complexity index is 1170. The summed E-state index contributed by atoms with van der Waals surface area (Å²) < 4.78 is 7.26. The summed E-state index contributed by atoms with van der Waals surface area (Å²) in [5.41, 5.74) is 5.86. The number of benzene rings is 1. The van der Waals surface area contributed by atoms with E-state index in [4.69, 9.17) is 10.5 Å². The van der Waals surface area contributed by atoms with Gasteiger partial charge in [-0.15, -0.1) is 0 Å². The summed E-state index contributed by atoms with van der Waals surface area (Å²) in [6.45, 7) is 2.88. The molecular weight excluding hydrogens is 370 g/mol. The highest BCUT2D eigenvalue weighted by atomic mass is 16.5. The van der Waals surface area contributed by atoms with Gasteiger partial charge in [0.05, 0.1) is 5.56 Å². The number of anilines is 1. The average Bonchev–Trinajstić information content (AvgIpc) is 2.94. The van der Waals surface area contributed by atoms with Gasteiger partial charge >= 0.3 is 0 Å². The van der Waals surface area contributed by atoms with Crippen LogP contribution in [-0.4, -0.2) is 36.0 Å². The number of amides is 1. The first-order chi connectivity index (χ1) is 13.8. The monoisotopic (exact) mass is 391 g/mol. The van der Waals surface area contributed by atoms with Gasteiger partial charge in [-0.1, -0.05) is 18.2 Å². The Kier molecular flexibility index (Phi) is 4.21. The van der Waals surface area contributed by atoms with E-state index >= 15 is 0 Å². The lowest BCUT2D eigenvalue weighted by Gasteiger charge is -2.33. The Morgan fingerprint density at radius 1 is 1.31 bits per heavy atom. The van der Waals surface area contributed by atoms with Crippen LogP contribution in [0.1, 0.15) is 16.8 Å². The van der Waals surface area contributed by atoms with Crippen molar-refractivity contribution in [3.8, 4) is 11.8 Å². The second kappa shape index (κ2) is 6.50. The zero-order chi connectivity index (χ0) is 20.9. The normalized spacial score (nSPS) is 19.6. The summed E-state index contributed by atoms with van der Waals surface area (Å²) in [4.78, 5) is 28.9. The smallest absolute Gasteiger partial charge is 0.259 e. The van der Waals surface area contributed by atoms with Gasteiger partial charge in [0.2, 0.25) is 11.8 Å². The van der Waals surface area contributed by atoms with Crippen LogP contribution in [-0.2, 0) is 16.8 Å². The summed E-state index contributed by atoms with van der Waals surface area (Å²) in [6.07, 6.45) is 0. The first kappa shape index (κ1) is 18.8. The summed E-state index contributed by atoms with van der Waals surface area (Å²) >= 11 is 0. The van der Waals surface area contributed by atoms with E-state index in [1.165, 1.54) is 0 Å². The molecule has 0 aliphatic carbocycles. The van der Waals surface area contributed by atoms with Crippen molar-refractivity contribution in [1.29, 1.82) is 5.26 Å². The van der Waals surface area contributed by atoms with Crippen molar-refractivity contribution < 1.29 is 9.53 Å². The lowest BCUT2D eigenvalue weighted by Crippen LogP contribution is -2.48. The molecule has 29 heavy (non-hydrogen) atoms. The van der Waals surface area contributed by atoms with Crippen LogP contribution in [0.15, 0.2) is 46.6 Å². The molecule has 1 atom stereocenters. The maximum atomic E-state index is 13.6. The van der Waals surface area contributed by atoms with Crippen LogP contribution in [0.5, 0.6) is 5.75 Å². The summed E-state index contributed by atoms with van der Waals surface area (Å²) in [7, 11) is 3.84. The molecule has 0 bridgehead atoms. The number of nitrogens with two attached hydrogens (primary N) is 1. The van der Waals surface area contributed by atoms with E-state index in [1.807, 2.05) is 25.1 Å². The molecule has 1 aromatic carbocycles. The number of hydrogen-bond acceptors (Lipinski definition) is 6. The Hall–Kier alpha value is -3.57. The number of fused-ring (bicyclic) bond motifs is 4. The Morgan fingerprint density at radius 3 is 2.72 bits per heavy atom. The second-order valence-electron chi connectivity index (χ2n) is 7.49. The number of aromatic nitrogens is 1. The van der Waals surface area contributed by atoms with Crippen molar-refractivity contribution in [2.45, 2.75) is 18.9 Å². The zero-order valence-corrected chi connectivity index (χ0v) is 16.4. The molecule has 0 radical (unpaired) electrons. The largest absolute Gasteiger partial charge is 0.440 e. The molecule has 8 nitrogen and oxygen atoms in total. The van der Waals surface area contributed by atoms with Crippen LogP contribution in [0.2, 0.25) is 0 Å². The Labute approximate surface area is 167 Å². The van der Waals surface area contributed by atoms with Gasteiger partial charge in [0.15, 0.2) is 5.41 Å². The fourth-order valence-corrected chi connectivity index (χ4v) is 4.12. The lowest BCUT2D eigenvalue weighted by atomic mass is 9.69. The van der Waals surface area contributed by atoms with Gasteiger partial charge < -0.3 is 25.3 Å². The number of carbonyl (C=O) groups excluding carboxylic acids is 1. The highest BCUT2D eigenvalue weighted by Gasteiger charge is 2.58. The third-order valence-electron chi connectivity index (χ3n) is 5.49. The number of aryl methyl sites for hydroxylation is 1. The number of rotatable bonds is 3. The van der Waals surface area contributed by atoms with Gasteiger partial charge in [-0.3, -0.25) is 9.59 Å². The molecule has 1 aromatic heterocycles. The molecule has 1 amide bonds. The molecule has 2 aromatic rings. The number of carbonyl (C=O) groups is 1. The first-order valence-corrected chi connectivity index (χ1v) is 9.21. The molecular formula is C21H21N5O3. The van der Waals surface area contributed by atoms with Crippen molar-refractivity contribution in [2.24, 2.45) is 5.73 Å². The van der Waals surface area contributed by atoms with Gasteiger partial charge in [-0.25, -0.2) is 0 Å². The van der Waals surface area contributed by atoms with E-state index in [0.29, 0.717) is 30.0 Å². The van der Waals surface area contributed by atoms with Crippen LogP contribution < -0.4 is 21.3 Å². The highest BCUT2D eigenvalue weighted by Crippen LogP contribution is 2.51. The molecule has 0 unspecified atom stereocenters. The van der Waals surface area contributed by atoms with E-state index in [9.17, 15) is 14.9 Å². The predicted octanol–water partition coefficient (Wildman–Crippen LogP) is 1.04. The summed E-state index contributed by atoms with van der Waals surface area (Å²) in [5, 5.41) is 12.7. The minimum Gasteiger partial charge on any atom is -0.440 e. The van der Waals surface area contributed by atoms with Gasteiger partial charge in [0, 0.05) is 36.1 Å². The molecule has 8 heteroatoms. The molecule has 1 spiro atoms. The second-order valence-corrected chi connectivity index (χ2v) is 7.49. The maximum Gasteiger partial charge on any atom is 0.259 e. The lowest BCUT2D eigenvalue weighted by molar-refractivity contribution is -0.118. The Morgan fingerprint density at radius 2 is 2.03 bits per heavy atom. The number of nitriles is 1. The molecule has 3 heterocycles. The van der Waals surface area contributed by atoms with Crippen molar-refractivity contribution in [2.75, 3.05) is 26.0 Å². The van der Waals surface area contributed by atoms with Gasteiger partial charge in [0.1, 0.15) is 17.4 Å². The number of para-hydroxylation sites is 1. The molecule has 3 N–H and O–H groups in total. The minimum atomic E-state index is -1.63. The number of likely N-dealkylation sites (N-methyl/N-ethyl adjacent to an activating group) is 1. The number of pyridine rings is 1. The molecule has 2 aliphatic rings. The maximum absolute atomic E-state index is 13.6. The van der Waals surface area contributed by atoms with Crippen molar-refractivity contribution >= 4 is 11.6 Å². The summed E-state index contributed by atoms with van der Waals surface area (Å²) in [5.74, 6) is -0.448. The SMILES string of the molecule is Cc1cc2c(c(=O)n1CCN(C)C)[C@]1(C(=O)Nc3ccccc31)C(C#N)=C(N)O2. The van der Waals surface area contributed by atoms with Gasteiger partial charge in [-0.05, 0) is 27.1 Å². The van der Waals surface area contributed by atoms with Crippen LogP contribution in [0, 0.1) is 18.3 Å². The third kappa shape index (κ3) is 2.48. The standard InChI is InChI=1S/C21H21N5O3/c1-12-10-16-17(19(27)26(12)9-8-25(2)3)21(14(11-22)18(23)29-16)13-6-4-5-7-15(13)24-20(21)28/h4-7,10H,8-9,23H2,1-3H3,(H,24,28)/t21-/m1/s1. The van der Waals surface area contributed by atoms with Crippen LogP contribution in [0.3, 0.4) is 0 Å². The van der Waals surface area contributed by atoms with Crippen molar-refractivity contribution in [3.63, 3.8) is 0 Å². The van der Waals surface area contributed by atoms with E-state index in [1.54, 1.807) is 41.8 Å². The molecule has 0 fully saturated rings. The predicted molar refractivity (Wildman–Crippen MR) is 107 cm³/mol. The number of hydrogen-bond donors (Lipinski definition) is 2. The van der Waals surface area contributed by atoms with E-state index in [0.717, 1.165) is 0 Å². The summed E-state index contributed by atoms with van der Waals surface area (Å²) in [6, 6.07) is 10.7. The average molecular weight is 391 g/mol. The highest BCUT2D eigenvalue weighted by molar-refractivity contribution is 6.12. The van der Waals surface area contributed by atoms with Crippen LogP contribution >= 0.6 is 0 Å². The number of nitrogens with zero attached hydrogens (tertiary/aromatic N) is 3. The molecule has 148 valence electrons. The number of ether oxygens (including phenoxy) is 1. The van der Waals surface area contributed by atoms with E-state index in [2.05, 4.69) is 5.32 Å². The van der Waals surface area contributed by atoms with Gasteiger partial charge in [-0.2, -0.15) is 5.26 Å². The fraction of sp³-hybridized carbons (Fsp3) is 0.286. The van der Waals surface area contributed by atoms with E-state index < -0.39 is 11.3 Å². The first-order valence-electron chi connectivity index (χ1n) is 9.21. The van der Waals surface area contributed by atoms with Crippen LogP contribution in [0.25, 0.3) is 0 Å². The number of nitrogens with one attached hydrogen (secondary N) is 1. The van der Waals surface area contributed by atoms with Crippen LogP contribution in [0.4, 0.5) is 5.69 Å². The third-order valence-corrected chi connectivity index (χ3v) is 5.49. The zero-order valence-electron chi connectivity index (χ0n) is 16.4. The van der Waals surface area contributed by atoms with Crippen molar-refractivity contribution in [3.05, 3.63) is 69.0 Å². The quantitative estimate of drug-likeness (QED) is 0.808. The topological polar surface area (TPSA) is 113 Å². The Balaban J connectivity index is 2.09. The minimum absolute atomic E-state index is 0.0763. The van der Waals surface area contributed by atoms with Crippen molar-refractivity contribution in [1.82, 2.24) is 9.47 Å². The van der Waals surface area contributed by atoms with Gasteiger partial charge in [0.25, 0.3) is 5.56 Å². The molecule has 2 aliphatic heterocycles. The molecule has 0 saturated heterocycles. The fourth-order valence-electron chi connectivity index (χ4n) is 4.12. The molecule has 4 rings (SSSR count).